The first-order valence-corrected chi connectivity index (χ1v) is 8.36. The fraction of sp³-hybridized carbons (Fsp3) is 0.278. The maximum absolute atomic E-state index is 12.5. The van der Waals surface area contributed by atoms with Gasteiger partial charge in [-0.25, -0.2) is 0 Å². The Kier molecular flexibility index (Phi) is 6.19. The van der Waals surface area contributed by atoms with Crippen LogP contribution < -0.4 is 15.8 Å². The van der Waals surface area contributed by atoms with E-state index in [1.54, 1.807) is 0 Å². The van der Waals surface area contributed by atoms with E-state index in [2.05, 4.69) is 21.2 Å². The summed E-state index contributed by atoms with van der Waals surface area (Å²) in [6, 6.07) is 14.8. The molecule has 1 amide bonds. The maximum atomic E-state index is 12.5. The van der Waals surface area contributed by atoms with Crippen LogP contribution in [0, 0.1) is 5.92 Å². The van der Waals surface area contributed by atoms with Gasteiger partial charge in [0.1, 0.15) is 5.75 Å². The molecule has 0 aliphatic rings. The summed E-state index contributed by atoms with van der Waals surface area (Å²) in [5.74, 6) is 0.135. The first-order valence-electron chi connectivity index (χ1n) is 7.56. The minimum Gasteiger partial charge on any atom is -0.492 e. The SMILES string of the molecule is CCOc1ccc(Br)cc1NC(=O)C(C)C(N)c1ccccc1. The molecule has 2 unspecified atom stereocenters. The first-order chi connectivity index (χ1) is 11.0. The number of benzene rings is 2. The van der Waals surface area contributed by atoms with Crippen molar-refractivity contribution in [1.29, 1.82) is 0 Å². The van der Waals surface area contributed by atoms with Crippen LogP contribution in [0.3, 0.4) is 0 Å². The number of anilines is 1. The normalized spacial score (nSPS) is 13.2. The predicted molar refractivity (Wildman–Crippen MR) is 96.5 cm³/mol. The van der Waals surface area contributed by atoms with Gasteiger partial charge in [0, 0.05) is 10.5 Å². The van der Waals surface area contributed by atoms with Crippen LogP contribution in [0.2, 0.25) is 0 Å². The number of nitrogens with one attached hydrogen (secondary N) is 1. The molecule has 0 heterocycles. The van der Waals surface area contributed by atoms with Crippen LogP contribution in [0.5, 0.6) is 5.75 Å². The van der Waals surface area contributed by atoms with Crippen molar-refractivity contribution in [2.45, 2.75) is 19.9 Å². The van der Waals surface area contributed by atoms with Crippen molar-refractivity contribution in [2.75, 3.05) is 11.9 Å². The molecule has 23 heavy (non-hydrogen) atoms. The Labute approximate surface area is 145 Å². The Morgan fingerprint density at radius 3 is 2.61 bits per heavy atom. The molecule has 2 rings (SSSR count). The Bertz CT molecular complexity index is 661. The molecule has 0 fully saturated rings. The third-order valence-electron chi connectivity index (χ3n) is 3.64. The molecule has 0 aromatic heterocycles. The van der Waals surface area contributed by atoms with Gasteiger partial charge in [-0.05, 0) is 30.7 Å². The maximum Gasteiger partial charge on any atom is 0.229 e. The number of carbonyl (C=O) groups is 1. The van der Waals surface area contributed by atoms with Crippen LogP contribution >= 0.6 is 15.9 Å². The molecule has 0 bridgehead atoms. The zero-order valence-electron chi connectivity index (χ0n) is 13.3. The summed E-state index contributed by atoms with van der Waals surface area (Å²) < 4.78 is 6.42. The number of ether oxygens (including phenoxy) is 1. The lowest BCUT2D eigenvalue weighted by Gasteiger charge is -2.21. The van der Waals surface area contributed by atoms with Crippen molar-refractivity contribution in [3.63, 3.8) is 0 Å². The summed E-state index contributed by atoms with van der Waals surface area (Å²) in [5, 5.41) is 2.91. The van der Waals surface area contributed by atoms with Gasteiger partial charge >= 0.3 is 0 Å². The lowest BCUT2D eigenvalue weighted by Crippen LogP contribution is -2.30. The van der Waals surface area contributed by atoms with E-state index >= 15 is 0 Å². The summed E-state index contributed by atoms with van der Waals surface area (Å²) in [6.45, 7) is 4.26. The van der Waals surface area contributed by atoms with Crippen LogP contribution in [0.4, 0.5) is 5.69 Å². The minimum atomic E-state index is -0.370. The monoisotopic (exact) mass is 376 g/mol. The zero-order chi connectivity index (χ0) is 16.8. The van der Waals surface area contributed by atoms with E-state index in [1.165, 1.54) is 0 Å². The van der Waals surface area contributed by atoms with Gasteiger partial charge in [-0.2, -0.15) is 0 Å². The molecule has 2 aromatic carbocycles. The second-order valence-electron chi connectivity index (χ2n) is 5.29. The summed E-state index contributed by atoms with van der Waals surface area (Å²) in [5.41, 5.74) is 7.79. The molecule has 0 saturated heterocycles. The number of hydrogen-bond donors (Lipinski definition) is 2. The van der Waals surface area contributed by atoms with E-state index in [9.17, 15) is 4.79 Å². The zero-order valence-corrected chi connectivity index (χ0v) is 14.8. The highest BCUT2D eigenvalue weighted by Gasteiger charge is 2.23. The molecule has 0 spiro atoms. The van der Waals surface area contributed by atoms with Crippen molar-refractivity contribution in [2.24, 2.45) is 11.7 Å². The van der Waals surface area contributed by atoms with E-state index in [1.807, 2.05) is 62.4 Å². The Morgan fingerprint density at radius 1 is 1.26 bits per heavy atom. The van der Waals surface area contributed by atoms with E-state index < -0.39 is 0 Å². The van der Waals surface area contributed by atoms with Gasteiger partial charge in [0.05, 0.1) is 18.2 Å². The molecule has 122 valence electrons. The van der Waals surface area contributed by atoms with E-state index in [-0.39, 0.29) is 17.9 Å². The molecular weight excluding hydrogens is 356 g/mol. The molecule has 3 N–H and O–H groups in total. The van der Waals surface area contributed by atoms with Gasteiger partial charge < -0.3 is 15.8 Å². The van der Waals surface area contributed by atoms with Crippen LogP contribution in [0.25, 0.3) is 0 Å². The van der Waals surface area contributed by atoms with Crippen molar-refractivity contribution in [3.05, 3.63) is 58.6 Å². The smallest absolute Gasteiger partial charge is 0.229 e. The number of rotatable bonds is 6. The van der Waals surface area contributed by atoms with Crippen LogP contribution in [0.15, 0.2) is 53.0 Å². The molecule has 0 saturated carbocycles. The number of nitrogens with two attached hydrogens (primary N) is 1. The molecule has 5 heteroatoms. The van der Waals surface area contributed by atoms with Crippen LogP contribution in [-0.4, -0.2) is 12.5 Å². The largest absolute Gasteiger partial charge is 0.492 e. The van der Waals surface area contributed by atoms with Gasteiger partial charge in [0.2, 0.25) is 5.91 Å². The highest BCUT2D eigenvalue weighted by atomic mass is 79.9. The average Bonchev–Trinajstić information content (AvgIpc) is 2.57. The predicted octanol–water partition coefficient (Wildman–Crippen LogP) is 4.12. The minimum absolute atomic E-state index is 0.139. The van der Waals surface area contributed by atoms with E-state index in [0.717, 1.165) is 10.0 Å². The third kappa shape index (κ3) is 4.56. The van der Waals surface area contributed by atoms with Crippen molar-refractivity contribution in [3.8, 4) is 5.75 Å². The second kappa shape index (κ2) is 8.13. The summed E-state index contributed by atoms with van der Waals surface area (Å²) >= 11 is 3.41. The Hall–Kier alpha value is -1.85. The quantitative estimate of drug-likeness (QED) is 0.796. The van der Waals surface area contributed by atoms with Gasteiger partial charge in [-0.1, -0.05) is 53.2 Å². The van der Waals surface area contributed by atoms with E-state index in [4.69, 9.17) is 10.5 Å². The molecule has 4 nitrogen and oxygen atoms in total. The number of hydrogen-bond acceptors (Lipinski definition) is 3. The van der Waals surface area contributed by atoms with Crippen molar-refractivity contribution < 1.29 is 9.53 Å². The fourth-order valence-electron chi connectivity index (χ4n) is 2.25. The standard InChI is InChI=1S/C18H21BrN2O2/c1-3-23-16-10-9-14(19)11-15(16)21-18(22)12(2)17(20)13-7-5-4-6-8-13/h4-12,17H,3,20H2,1-2H3,(H,21,22). The van der Waals surface area contributed by atoms with Crippen molar-refractivity contribution in [1.82, 2.24) is 0 Å². The Morgan fingerprint density at radius 2 is 1.96 bits per heavy atom. The average molecular weight is 377 g/mol. The number of carbonyl (C=O) groups excluding carboxylic acids is 1. The summed E-state index contributed by atoms with van der Waals surface area (Å²) in [4.78, 5) is 12.5. The third-order valence-corrected chi connectivity index (χ3v) is 4.13. The summed E-state index contributed by atoms with van der Waals surface area (Å²) in [7, 11) is 0. The van der Waals surface area contributed by atoms with Gasteiger partial charge in [-0.15, -0.1) is 0 Å². The van der Waals surface area contributed by atoms with Gasteiger partial charge in [0.25, 0.3) is 0 Å². The number of halogens is 1. The lowest BCUT2D eigenvalue weighted by molar-refractivity contribution is -0.120. The molecule has 0 aliphatic heterocycles. The molecule has 0 radical (unpaired) electrons. The molecule has 2 atom stereocenters. The highest BCUT2D eigenvalue weighted by molar-refractivity contribution is 9.10. The first kappa shape index (κ1) is 17.5. The van der Waals surface area contributed by atoms with Crippen LogP contribution in [0.1, 0.15) is 25.5 Å². The molecule has 0 aliphatic carbocycles. The topological polar surface area (TPSA) is 64.3 Å². The molecule has 2 aromatic rings. The lowest BCUT2D eigenvalue weighted by atomic mass is 9.94. The molecular formula is C18H21BrN2O2. The Balaban J connectivity index is 2.14. The summed E-state index contributed by atoms with van der Waals surface area (Å²) in [6.07, 6.45) is 0. The highest BCUT2D eigenvalue weighted by Crippen LogP contribution is 2.29. The van der Waals surface area contributed by atoms with Crippen molar-refractivity contribution >= 4 is 27.5 Å². The number of amides is 1. The van der Waals surface area contributed by atoms with Gasteiger partial charge in [0.15, 0.2) is 0 Å². The second-order valence-corrected chi connectivity index (χ2v) is 6.20. The van der Waals surface area contributed by atoms with E-state index in [0.29, 0.717) is 18.0 Å². The van der Waals surface area contributed by atoms with Crippen LogP contribution in [-0.2, 0) is 4.79 Å². The van der Waals surface area contributed by atoms with Gasteiger partial charge in [-0.3, -0.25) is 4.79 Å². The fourth-order valence-corrected chi connectivity index (χ4v) is 2.62.